The number of phenolic OH excluding ortho intramolecular Hbond substituents is 1. The van der Waals surface area contributed by atoms with E-state index in [4.69, 9.17) is 11.6 Å². The second-order valence-corrected chi connectivity index (χ2v) is 6.36. The quantitative estimate of drug-likeness (QED) is 0.747. The van der Waals surface area contributed by atoms with Crippen molar-refractivity contribution in [3.05, 3.63) is 70.4 Å². The number of fused-ring (bicyclic) bond motifs is 1. The van der Waals surface area contributed by atoms with Crippen molar-refractivity contribution in [1.82, 2.24) is 15.1 Å². The van der Waals surface area contributed by atoms with E-state index in [1.807, 2.05) is 31.2 Å². The maximum Gasteiger partial charge on any atom is 0.273 e. The highest BCUT2D eigenvalue weighted by atomic mass is 35.5. The number of nitrogens with one attached hydrogen (secondary N) is 1. The molecule has 6 heteroatoms. The van der Waals surface area contributed by atoms with Gasteiger partial charge < -0.3 is 10.0 Å². The maximum absolute atomic E-state index is 12.8. The lowest BCUT2D eigenvalue weighted by Crippen LogP contribution is -2.29. The zero-order valence-electron chi connectivity index (χ0n) is 13.5. The summed E-state index contributed by atoms with van der Waals surface area (Å²) in [5.74, 6) is 0.0284. The Hall–Kier alpha value is -2.79. The summed E-state index contributed by atoms with van der Waals surface area (Å²) >= 11 is 6.17. The number of carbonyl (C=O) groups excluding carboxylic acids is 1. The molecular weight excluding hydrogens is 338 g/mol. The number of amides is 1. The van der Waals surface area contributed by atoms with E-state index < -0.39 is 0 Å². The first-order valence-corrected chi connectivity index (χ1v) is 8.42. The van der Waals surface area contributed by atoms with Crippen molar-refractivity contribution in [3.63, 3.8) is 0 Å². The van der Waals surface area contributed by atoms with E-state index in [9.17, 15) is 9.90 Å². The fourth-order valence-electron chi connectivity index (χ4n) is 3.43. The number of halogens is 1. The zero-order chi connectivity index (χ0) is 17.6. The smallest absolute Gasteiger partial charge is 0.273 e. The summed E-state index contributed by atoms with van der Waals surface area (Å²) in [6, 6.07) is 14.2. The van der Waals surface area contributed by atoms with Crippen LogP contribution in [0.2, 0.25) is 5.02 Å². The number of aromatic nitrogens is 2. The molecule has 0 saturated heterocycles. The maximum atomic E-state index is 12.8. The first-order chi connectivity index (χ1) is 12.1. The monoisotopic (exact) mass is 353 g/mol. The van der Waals surface area contributed by atoms with E-state index in [1.54, 1.807) is 29.2 Å². The highest BCUT2D eigenvalue weighted by Gasteiger charge is 2.41. The lowest BCUT2D eigenvalue weighted by Gasteiger charge is -2.25. The van der Waals surface area contributed by atoms with E-state index >= 15 is 0 Å². The summed E-state index contributed by atoms with van der Waals surface area (Å²) in [6.45, 7) is 2.49. The lowest BCUT2D eigenvalue weighted by molar-refractivity contribution is 0.0754. The first kappa shape index (κ1) is 15.7. The minimum absolute atomic E-state index is 0.100. The number of aromatic amines is 1. The summed E-state index contributed by atoms with van der Waals surface area (Å²) in [5.41, 5.74) is 3.33. The molecule has 0 aliphatic carbocycles. The fraction of sp³-hybridized carbons (Fsp3) is 0.158. The van der Waals surface area contributed by atoms with Gasteiger partial charge in [-0.1, -0.05) is 35.9 Å². The Bertz CT molecular complexity index is 967. The third kappa shape index (κ3) is 2.39. The topological polar surface area (TPSA) is 69.2 Å². The Morgan fingerprint density at radius 2 is 2.04 bits per heavy atom. The van der Waals surface area contributed by atoms with E-state index in [-0.39, 0.29) is 17.7 Å². The molecule has 2 N–H and O–H groups in total. The molecule has 0 saturated carbocycles. The minimum Gasteiger partial charge on any atom is -0.507 e. The van der Waals surface area contributed by atoms with Crippen molar-refractivity contribution in [2.24, 2.45) is 0 Å². The number of hydrogen-bond acceptors (Lipinski definition) is 3. The minimum atomic E-state index is -0.292. The molecule has 4 rings (SSSR count). The first-order valence-electron chi connectivity index (χ1n) is 8.05. The third-order valence-corrected chi connectivity index (χ3v) is 4.76. The van der Waals surface area contributed by atoms with Crippen LogP contribution in [0.3, 0.4) is 0 Å². The standard InChI is InChI=1S/C19H16ClN3O2/c1-2-23-18(11-6-5-7-12(20)10-11)15-16(21-22-17(15)19(23)25)13-8-3-4-9-14(13)24/h3-10,18,24H,2H2,1H3,(H,21,22)/t18-/m0/s1. The van der Waals surface area contributed by atoms with Gasteiger partial charge in [0, 0.05) is 22.7 Å². The van der Waals surface area contributed by atoms with Gasteiger partial charge in [-0.25, -0.2) is 0 Å². The molecule has 2 aromatic carbocycles. The van der Waals surface area contributed by atoms with E-state index in [0.717, 1.165) is 11.1 Å². The molecule has 1 aliphatic heterocycles. The third-order valence-electron chi connectivity index (χ3n) is 4.53. The van der Waals surface area contributed by atoms with Gasteiger partial charge in [0.2, 0.25) is 0 Å². The molecule has 0 unspecified atom stereocenters. The summed E-state index contributed by atoms with van der Waals surface area (Å²) in [4.78, 5) is 14.6. The van der Waals surface area contributed by atoms with Gasteiger partial charge in [-0.2, -0.15) is 5.10 Å². The molecule has 3 aromatic rings. The van der Waals surface area contributed by atoms with E-state index in [2.05, 4.69) is 10.2 Å². The summed E-state index contributed by atoms with van der Waals surface area (Å²) in [6.07, 6.45) is 0. The predicted molar refractivity (Wildman–Crippen MR) is 95.7 cm³/mol. The number of aromatic hydroxyl groups is 1. The highest BCUT2D eigenvalue weighted by molar-refractivity contribution is 6.30. The lowest BCUT2D eigenvalue weighted by atomic mass is 9.96. The number of benzene rings is 2. The Morgan fingerprint density at radius 3 is 2.76 bits per heavy atom. The summed E-state index contributed by atoms with van der Waals surface area (Å²) in [5, 5.41) is 18.0. The van der Waals surface area contributed by atoms with Gasteiger partial charge in [-0.3, -0.25) is 9.89 Å². The van der Waals surface area contributed by atoms with Gasteiger partial charge in [0.25, 0.3) is 5.91 Å². The molecule has 126 valence electrons. The van der Waals surface area contributed by atoms with Crippen molar-refractivity contribution < 1.29 is 9.90 Å². The number of rotatable bonds is 3. The fourth-order valence-corrected chi connectivity index (χ4v) is 3.62. The second kappa shape index (κ2) is 5.93. The van der Waals surface area contributed by atoms with Crippen molar-refractivity contribution >= 4 is 17.5 Å². The second-order valence-electron chi connectivity index (χ2n) is 5.93. The molecule has 5 nitrogen and oxygen atoms in total. The van der Waals surface area contributed by atoms with Crippen LogP contribution in [0.1, 0.15) is 34.6 Å². The zero-order valence-corrected chi connectivity index (χ0v) is 14.3. The van der Waals surface area contributed by atoms with E-state index in [1.165, 1.54) is 0 Å². The molecule has 25 heavy (non-hydrogen) atoms. The van der Waals surface area contributed by atoms with Crippen LogP contribution in [0.4, 0.5) is 0 Å². The molecule has 2 heterocycles. The van der Waals surface area contributed by atoms with Crippen LogP contribution in [-0.4, -0.2) is 32.7 Å². The average Bonchev–Trinajstić information content (AvgIpc) is 3.14. The van der Waals surface area contributed by atoms with Gasteiger partial charge in [0.05, 0.1) is 6.04 Å². The molecule has 1 amide bonds. The van der Waals surface area contributed by atoms with Crippen LogP contribution in [0.15, 0.2) is 48.5 Å². The van der Waals surface area contributed by atoms with Crippen LogP contribution >= 0.6 is 11.6 Å². The number of carbonyl (C=O) groups is 1. The Balaban J connectivity index is 1.95. The summed E-state index contributed by atoms with van der Waals surface area (Å²) < 4.78 is 0. The molecule has 0 spiro atoms. The van der Waals surface area contributed by atoms with Crippen molar-refractivity contribution in [3.8, 4) is 17.0 Å². The van der Waals surface area contributed by atoms with Crippen LogP contribution in [0.5, 0.6) is 5.75 Å². The van der Waals surface area contributed by atoms with Crippen molar-refractivity contribution in [2.45, 2.75) is 13.0 Å². The van der Waals surface area contributed by atoms with Crippen LogP contribution in [0, 0.1) is 0 Å². The average molecular weight is 354 g/mol. The number of H-pyrrole nitrogens is 1. The molecule has 1 atom stereocenters. The normalized spacial score (nSPS) is 16.3. The van der Waals surface area contributed by atoms with Crippen molar-refractivity contribution in [1.29, 1.82) is 0 Å². The van der Waals surface area contributed by atoms with Gasteiger partial charge in [0.15, 0.2) is 0 Å². The SMILES string of the molecule is CCN1C(=O)c2[nH]nc(-c3ccccc3O)c2[C@@H]1c1cccc(Cl)c1. The van der Waals surface area contributed by atoms with E-state index in [0.29, 0.717) is 28.5 Å². The van der Waals surface area contributed by atoms with Gasteiger partial charge >= 0.3 is 0 Å². The largest absolute Gasteiger partial charge is 0.507 e. The molecule has 0 bridgehead atoms. The molecule has 0 radical (unpaired) electrons. The van der Waals surface area contributed by atoms with Crippen molar-refractivity contribution in [2.75, 3.05) is 6.54 Å². The Labute approximate surface area is 149 Å². The van der Waals surface area contributed by atoms with Crippen LogP contribution in [-0.2, 0) is 0 Å². The number of hydrogen-bond donors (Lipinski definition) is 2. The highest BCUT2D eigenvalue weighted by Crippen LogP contribution is 2.44. The Kier molecular flexibility index (Phi) is 3.73. The molecule has 0 fully saturated rings. The number of phenols is 1. The Morgan fingerprint density at radius 1 is 1.24 bits per heavy atom. The predicted octanol–water partition coefficient (Wildman–Crippen LogP) is 4.00. The van der Waals surface area contributed by atoms with Crippen LogP contribution < -0.4 is 0 Å². The molecule has 1 aliphatic rings. The molecular formula is C19H16ClN3O2. The number of para-hydroxylation sites is 1. The van der Waals surface area contributed by atoms with Gasteiger partial charge in [0.1, 0.15) is 17.1 Å². The van der Waals surface area contributed by atoms with Gasteiger partial charge in [-0.15, -0.1) is 0 Å². The molecule has 1 aromatic heterocycles. The summed E-state index contributed by atoms with van der Waals surface area (Å²) in [7, 11) is 0. The number of nitrogens with zero attached hydrogens (tertiary/aromatic N) is 2. The van der Waals surface area contributed by atoms with Gasteiger partial charge in [-0.05, 0) is 36.8 Å². The van der Waals surface area contributed by atoms with Crippen LogP contribution in [0.25, 0.3) is 11.3 Å².